The highest BCUT2D eigenvalue weighted by molar-refractivity contribution is 7.89. The summed E-state index contributed by atoms with van der Waals surface area (Å²) in [4.78, 5) is 13.8. The van der Waals surface area contributed by atoms with Crippen molar-refractivity contribution < 1.29 is 17.6 Å². The molecule has 0 radical (unpaired) electrons. The van der Waals surface area contributed by atoms with E-state index in [9.17, 15) is 13.2 Å². The van der Waals surface area contributed by atoms with E-state index in [4.69, 9.17) is 4.43 Å². The number of carbonyl (C=O) groups excluding carboxylic acids is 1. The number of hydrogen-bond acceptors (Lipinski definition) is 4. The first-order valence-electron chi connectivity index (χ1n) is 15.3. The van der Waals surface area contributed by atoms with Gasteiger partial charge in [-0.25, -0.2) is 8.42 Å². The van der Waals surface area contributed by atoms with Crippen molar-refractivity contribution in [2.75, 3.05) is 19.7 Å². The van der Waals surface area contributed by atoms with Gasteiger partial charge in [0.15, 0.2) is 0 Å². The summed E-state index contributed by atoms with van der Waals surface area (Å²) in [6.45, 7) is 9.63. The van der Waals surface area contributed by atoms with E-state index < -0.39 is 23.8 Å². The van der Waals surface area contributed by atoms with E-state index in [-0.39, 0.29) is 23.3 Å². The maximum atomic E-state index is 13.5. The van der Waals surface area contributed by atoms with Crippen LogP contribution in [0.1, 0.15) is 58.4 Å². The molecule has 1 atom stereocenters. The van der Waals surface area contributed by atoms with Crippen LogP contribution in [0, 0.1) is 30.1 Å². The maximum absolute atomic E-state index is 13.5. The normalized spacial score (nSPS) is 19.5. The predicted molar refractivity (Wildman–Crippen MR) is 175 cm³/mol. The van der Waals surface area contributed by atoms with E-state index in [1.807, 2.05) is 31.2 Å². The Hall–Kier alpha value is -3.02. The third kappa shape index (κ3) is 6.03. The molecular formula is C36H43NO4SSi. The van der Waals surface area contributed by atoms with Crippen LogP contribution in [0.3, 0.4) is 0 Å². The van der Waals surface area contributed by atoms with Crippen LogP contribution in [0.4, 0.5) is 0 Å². The van der Waals surface area contributed by atoms with Crippen LogP contribution >= 0.6 is 0 Å². The fourth-order valence-corrected chi connectivity index (χ4v) is 13.0. The van der Waals surface area contributed by atoms with Crippen molar-refractivity contribution in [3.63, 3.8) is 0 Å². The van der Waals surface area contributed by atoms with Crippen molar-refractivity contribution in [1.82, 2.24) is 4.31 Å². The lowest BCUT2D eigenvalue weighted by molar-refractivity contribution is -0.136. The van der Waals surface area contributed by atoms with Crippen LogP contribution in [-0.4, -0.2) is 46.5 Å². The largest absolute Gasteiger partial charge is 0.396 e. The van der Waals surface area contributed by atoms with Gasteiger partial charge in [0.2, 0.25) is 10.0 Å². The molecule has 1 spiro atoms. The Morgan fingerprint density at radius 2 is 1.47 bits per heavy atom. The molecule has 1 aliphatic carbocycles. The van der Waals surface area contributed by atoms with Gasteiger partial charge in [-0.05, 0) is 60.2 Å². The van der Waals surface area contributed by atoms with Crippen LogP contribution < -0.4 is 10.4 Å². The summed E-state index contributed by atoms with van der Waals surface area (Å²) in [5.74, 6) is 6.99. The molecule has 1 aliphatic heterocycles. The van der Waals surface area contributed by atoms with Crippen molar-refractivity contribution in [1.29, 1.82) is 0 Å². The summed E-state index contributed by atoms with van der Waals surface area (Å²) in [5.41, 5.74) is 0.423. The Labute approximate surface area is 258 Å². The van der Waals surface area contributed by atoms with Crippen molar-refractivity contribution >= 4 is 34.5 Å². The second-order valence-corrected chi connectivity index (χ2v) is 19.3. The van der Waals surface area contributed by atoms with Crippen LogP contribution in [0.15, 0.2) is 89.8 Å². The second kappa shape index (κ2) is 12.5. The van der Waals surface area contributed by atoms with Crippen LogP contribution in [0.25, 0.3) is 0 Å². The van der Waals surface area contributed by atoms with Crippen LogP contribution in [-0.2, 0) is 19.2 Å². The summed E-state index contributed by atoms with van der Waals surface area (Å²) < 4.78 is 35.2. The number of piperidine rings is 1. The molecule has 2 aliphatic rings. The number of nitrogens with zero attached hydrogens (tertiary/aromatic N) is 1. The minimum atomic E-state index is -3.60. The SMILES string of the molecule is Cc1ccc(S(=O)(=O)N2CCC3(CC2)C(=O)CCCC3C#CCO[Si](c2ccccc2)(c2ccccc2)C(C)(C)C)cc1. The molecule has 0 bridgehead atoms. The van der Waals surface area contributed by atoms with E-state index in [0.717, 1.165) is 18.4 Å². The lowest BCUT2D eigenvalue weighted by Crippen LogP contribution is -2.66. The molecule has 0 aromatic heterocycles. The van der Waals surface area contributed by atoms with Crippen molar-refractivity contribution in [2.45, 2.75) is 69.7 Å². The summed E-state index contributed by atoms with van der Waals surface area (Å²) in [5, 5.41) is 2.28. The van der Waals surface area contributed by atoms with E-state index in [1.165, 1.54) is 10.4 Å². The molecule has 7 heteroatoms. The monoisotopic (exact) mass is 613 g/mol. The molecule has 43 heavy (non-hydrogen) atoms. The average molecular weight is 614 g/mol. The highest BCUT2D eigenvalue weighted by Crippen LogP contribution is 2.47. The van der Waals surface area contributed by atoms with Gasteiger partial charge < -0.3 is 4.43 Å². The molecule has 2 fully saturated rings. The molecule has 226 valence electrons. The molecule has 5 nitrogen and oxygen atoms in total. The first-order chi connectivity index (χ1) is 20.5. The Bertz CT molecular complexity index is 1540. The maximum Gasteiger partial charge on any atom is 0.262 e. The summed E-state index contributed by atoms with van der Waals surface area (Å²) in [6, 6.07) is 28.0. The lowest BCUT2D eigenvalue weighted by Gasteiger charge is -2.45. The average Bonchev–Trinajstić information content (AvgIpc) is 3.00. The van der Waals surface area contributed by atoms with Gasteiger partial charge in [0, 0.05) is 30.8 Å². The van der Waals surface area contributed by atoms with E-state index in [0.29, 0.717) is 37.2 Å². The number of sulfonamides is 1. The predicted octanol–water partition coefficient (Wildman–Crippen LogP) is 5.72. The van der Waals surface area contributed by atoms with Gasteiger partial charge in [-0.15, -0.1) is 0 Å². The van der Waals surface area contributed by atoms with E-state index >= 15 is 0 Å². The van der Waals surface area contributed by atoms with Gasteiger partial charge in [0.1, 0.15) is 5.78 Å². The molecule has 1 saturated carbocycles. The van der Waals surface area contributed by atoms with Crippen molar-refractivity contribution in [2.24, 2.45) is 11.3 Å². The number of hydrogen-bond donors (Lipinski definition) is 0. The number of Topliss-reactive ketones (excluding diaryl/α,β-unsaturated/α-hetero) is 1. The molecule has 3 aromatic carbocycles. The van der Waals surface area contributed by atoms with Gasteiger partial charge in [0.25, 0.3) is 8.32 Å². The fourth-order valence-electron chi connectivity index (χ4n) is 7.08. The van der Waals surface area contributed by atoms with E-state index in [2.05, 4.69) is 81.1 Å². The first-order valence-corrected chi connectivity index (χ1v) is 18.7. The Morgan fingerprint density at radius 1 is 0.907 bits per heavy atom. The van der Waals surface area contributed by atoms with Crippen molar-refractivity contribution in [3.05, 3.63) is 90.5 Å². The Kier molecular flexibility index (Phi) is 9.15. The second-order valence-electron chi connectivity index (χ2n) is 13.0. The molecule has 0 amide bonds. The first kappa shape index (κ1) is 31.4. The van der Waals surface area contributed by atoms with Crippen LogP contribution in [0.2, 0.25) is 5.04 Å². The van der Waals surface area contributed by atoms with Gasteiger partial charge in [-0.2, -0.15) is 4.31 Å². The Balaban J connectivity index is 1.37. The smallest absolute Gasteiger partial charge is 0.262 e. The zero-order chi connectivity index (χ0) is 30.7. The fraction of sp³-hybridized carbons (Fsp3) is 0.417. The molecule has 0 N–H and O–H groups in total. The minimum Gasteiger partial charge on any atom is -0.396 e. The van der Waals surface area contributed by atoms with Gasteiger partial charge >= 0.3 is 0 Å². The number of benzene rings is 3. The summed E-state index contributed by atoms with van der Waals surface area (Å²) in [7, 11) is -6.31. The molecule has 1 unspecified atom stereocenters. The highest BCUT2D eigenvalue weighted by atomic mass is 32.2. The minimum absolute atomic E-state index is 0.0965. The van der Waals surface area contributed by atoms with Gasteiger partial charge in [-0.3, -0.25) is 4.79 Å². The molecule has 1 saturated heterocycles. The zero-order valence-electron chi connectivity index (χ0n) is 25.8. The number of carbonyl (C=O) groups is 1. The highest BCUT2D eigenvalue weighted by Gasteiger charge is 2.51. The van der Waals surface area contributed by atoms with Gasteiger partial charge in [0.05, 0.1) is 11.5 Å². The molecule has 3 aromatic rings. The third-order valence-electron chi connectivity index (χ3n) is 9.45. The number of aryl methyl sites for hydroxylation is 1. The number of rotatable bonds is 6. The lowest BCUT2D eigenvalue weighted by atomic mass is 9.61. The number of ketones is 1. The zero-order valence-corrected chi connectivity index (χ0v) is 27.6. The third-order valence-corrected chi connectivity index (χ3v) is 16.3. The van der Waals surface area contributed by atoms with Gasteiger partial charge in [-0.1, -0.05) is 111 Å². The van der Waals surface area contributed by atoms with Crippen LogP contribution in [0.5, 0.6) is 0 Å². The molecule has 5 rings (SSSR count). The molecule has 1 heterocycles. The summed E-state index contributed by atoms with van der Waals surface area (Å²) in [6.07, 6.45) is 3.22. The quantitative estimate of drug-likeness (QED) is 0.264. The summed E-state index contributed by atoms with van der Waals surface area (Å²) >= 11 is 0. The molecular weight excluding hydrogens is 571 g/mol. The van der Waals surface area contributed by atoms with E-state index in [1.54, 1.807) is 16.4 Å². The standard InChI is InChI=1S/C36H43NO4SSi/c1-29-20-22-31(23-21-29)42(39,40)37-26-24-36(25-27-37)30(13-11-19-34(36)38)14-12-28-41-43(35(2,3)4,32-15-7-5-8-16-32)33-17-9-6-10-18-33/h5-10,15-18,20-23,30H,11,13,19,24-28H2,1-4H3. The Morgan fingerprint density at radius 3 is 2.00 bits per heavy atom. The van der Waals surface area contributed by atoms with Crippen molar-refractivity contribution in [3.8, 4) is 11.8 Å². The topological polar surface area (TPSA) is 63.7 Å².